The fourth-order valence-electron chi connectivity index (χ4n) is 5.37. The van der Waals surface area contributed by atoms with E-state index in [4.69, 9.17) is 4.74 Å². The van der Waals surface area contributed by atoms with Crippen molar-refractivity contribution in [2.75, 3.05) is 13.2 Å². The van der Waals surface area contributed by atoms with Gasteiger partial charge in [-0.25, -0.2) is 0 Å². The number of allylic oxidation sites excluding steroid dienone is 2. The second-order valence-corrected chi connectivity index (χ2v) is 8.47. The first-order valence-electron chi connectivity index (χ1n) is 11.1. The lowest BCUT2D eigenvalue weighted by molar-refractivity contribution is 0.0313. The summed E-state index contributed by atoms with van der Waals surface area (Å²) >= 11 is 0. The molecule has 0 saturated heterocycles. The van der Waals surface area contributed by atoms with Crippen molar-refractivity contribution >= 4 is 0 Å². The van der Waals surface area contributed by atoms with Crippen molar-refractivity contribution < 1.29 is 9.84 Å². The van der Waals surface area contributed by atoms with Crippen LogP contribution in [0.3, 0.4) is 0 Å². The van der Waals surface area contributed by atoms with Crippen molar-refractivity contribution in [2.45, 2.75) is 12.0 Å². The third kappa shape index (κ3) is 3.56. The van der Waals surface area contributed by atoms with Gasteiger partial charge in [0, 0.05) is 5.92 Å². The minimum atomic E-state index is -0.705. The molecule has 3 aromatic rings. The minimum Gasteiger partial charge on any atom is -0.396 e. The van der Waals surface area contributed by atoms with Crippen molar-refractivity contribution in [3.05, 3.63) is 131 Å². The van der Waals surface area contributed by atoms with Crippen molar-refractivity contribution in [3.8, 4) is 0 Å². The number of benzene rings is 3. The highest BCUT2D eigenvalue weighted by Crippen LogP contribution is 2.47. The zero-order valence-electron chi connectivity index (χ0n) is 17.6. The van der Waals surface area contributed by atoms with E-state index in [9.17, 15) is 5.11 Å². The minimum absolute atomic E-state index is 0.207. The first-order chi connectivity index (χ1) is 15.3. The van der Waals surface area contributed by atoms with Gasteiger partial charge in [0.15, 0.2) is 0 Å². The Morgan fingerprint density at radius 1 is 0.774 bits per heavy atom. The molecule has 0 aromatic heterocycles. The second-order valence-electron chi connectivity index (χ2n) is 8.47. The molecule has 1 N–H and O–H groups in total. The lowest BCUT2D eigenvalue weighted by atomic mass is 9.80. The smallest absolute Gasteiger partial charge is 0.144 e. The third-order valence-corrected chi connectivity index (χ3v) is 6.85. The molecule has 0 radical (unpaired) electrons. The summed E-state index contributed by atoms with van der Waals surface area (Å²) < 4.78 is 6.87. The summed E-state index contributed by atoms with van der Waals surface area (Å²) in [6.45, 7) is 0.695. The average Bonchev–Trinajstić information content (AvgIpc) is 3.45. The van der Waals surface area contributed by atoms with Crippen molar-refractivity contribution in [3.63, 3.8) is 0 Å². The Balaban J connectivity index is 1.57. The molecule has 0 aliphatic heterocycles. The number of hydrogen-bond donors (Lipinski definition) is 1. The van der Waals surface area contributed by atoms with Gasteiger partial charge in [-0.1, -0.05) is 115 Å². The number of hydrogen-bond acceptors (Lipinski definition) is 2. The molecular formula is C29H28O2. The maximum absolute atomic E-state index is 9.94. The van der Waals surface area contributed by atoms with E-state index in [2.05, 4.69) is 91.0 Å². The van der Waals surface area contributed by atoms with Gasteiger partial charge in [-0.05, 0) is 34.9 Å². The molecule has 156 valence electrons. The number of fused-ring (bicyclic) bond motifs is 2. The van der Waals surface area contributed by atoms with E-state index >= 15 is 0 Å². The van der Waals surface area contributed by atoms with Crippen molar-refractivity contribution in [1.82, 2.24) is 0 Å². The molecule has 5 rings (SSSR count). The second kappa shape index (κ2) is 8.66. The highest BCUT2D eigenvalue weighted by Gasteiger charge is 2.40. The Kier molecular flexibility index (Phi) is 5.59. The molecule has 0 unspecified atom stereocenters. The molecular weight excluding hydrogens is 380 g/mol. The zero-order valence-corrected chi connectivity index (χ0v) is 17.6. The van der Waals surface area contributed by atoms with E-state index in [1.165, 1.54) is 5.57 Å². The van der Waals surface area contributed by atoms with Gasteiger partial charge in [0.2, 0.25) is 0 Å². The lowest BCUT2D eigenvalue weighted by Crippen LogP contribution is -2.33. The third-order valence-electron chi connectivity index (χ3n) is 6.85. The molecule has 2 heteroatoms. The van der Waals surface area contributed by atoms with Crippen LogP contribution in [0.25, 0.3) is 0 Å². The number of aliphatic hydroxyl groups is 1. The van der Waals surface area contributed by atoms with Gasteiger partial charge in [-0.2, -0.15) is 0 Å². The van der Waals surface area contributed by atoms with Crippen LogP contribution in [-0.2, 0) is 10.3 Å². The molecule has 31 heavy (non-hydrogen) atoms. The van der Waals surface area contributed by atoms with E-state index in [-0.39, 0.29) is 12.5 Å². The van der Waals surface area contributed by atoms with Crippen LogP contribution in [-0.4, -0.2) is 18.3 Å². The van der Waals surface area contributed by atoms with Gasteiger partial charge in [0.05, 0.1) is 13.2 Å². The molecule has 0 spiro atoms. The van der Waals surface area contributed by atoms with Crippen LogP contribution in [0.5, 0.6) is 0 Å². The Morgan fingerprint density at radius 3 is 1.77 bits per heavy atom. The van der Waals surface area contributed by atoms with E-state index in [1.54, 1.807) is 0 Å². The van der Waals surface area contributed by atoms with Gasteiger partial charge in [-0.15, -0.1) is 0 Å². The van der Waals surface area contributed by atoms with E-state index < -0.39 is 5.60 Å². The molecule has 1 fully saturated rings. The van der Waals surface area contributed by atoms with Crippen LogP contribution in [0.1, 0.15) is 23.1 Å². The standard InChI is InChI=1S/C29H28O2/c30-21-28-23-17-16-22(20-23)27(28)18-19-31-29(24-10-4-1-5-11-24,25-12-6-2-7-13-25)26-14-8-3-9-15-26/h1-18,22-23,28,30H,19-21H2/b27-18-/t22-,23+,28+/m1/s1. The van der Waals surface area contributed by atoms with E-state index in [0.717, 1.165) is 23.1 Å². The number of ether oxygens (including phenoxy) is 1. The molecule has 2 aliphatic rings. The Hall–Kier alpha value is -2.94. The summed E-state index contributed by atoms with van der Waals surface area (Å²) in [5, 5.41) is 9.94. The number of rotatable bonds is 7. The highest BCUT2D eigenvalue weighted by atomic mass is 16.5. The molecule has 2 bridgehead atoms. The predicted molar refractivity (Wildman–Crippen MR) is 125 cm³/mol. The lowest BCUT2D eigenvalue weighted by Gasteiger charge is -2.36. The van der Waals surface area contributed by atoms with E-state index in [0.29, 0.717) is 18.4 Å². The van der Waals surface area contributed by atoms with Crippen LogP contribution >= 0.6 is 0 Å². The average molecular weight is 409 g/mol. The summed E-state index contributed by atoms with van der Waals surface area (Å²) in [7, 11) is 0. The normalized spacial score (nSPS) is 23.5. The van der Waals surface area contributed by atoms with Crippen LogP contribution in [0.15, 0.2) is 115 Å². The molecule has 1 saturated carbocycles. The van der Waals surface area contributed by atoms with Gasteiger partial charge >= 0.3 is 0 Å². The van der Waals surface area contributed by atoms with Crippen LogP contribution in [0.2, 0.25) is 0 Å². The summed E-state index contributed by atoms with van der Waals surface area (Å²) in [4.78, 5) is 0. The van der Waals surface area contributed by atoms with Gasteiger partial charge in [-0.3, -0.25) is 0 Å². The topological polar surface area (TPSA) is 29.5 Å². The maximum Gasteiger partial charge on any atom is 0.144 e. The SMILES string of the molecule is OC[C@@H]1/C(=C\COC(c2ccccc2)(c2ccccc2)c2ccccc2)[C@@H]2C=C[C@H]1C2. The Morgan fingerprint density at radius 2 is 1.29 bits per heavy atom. The van der Waals surface area contributed by atoms with Crippen LogP contribution < -0.4 is 0 Å². The molecule has 3 atom stereocenters. The summed E-state index contributed by atoms with van der Waals surface area (Å²) in [5.41, 5.74) is 3.95. The molecule has 3 aromatic carbocycles. The maximum atomic E-state index is 9.94. The highest BCUT2D eigenvalue weighted by molar-refractivity contribution is 5.47. The van der Waals surface area contributed by atoms with Crippen LogP contribution in [0.4, 0.5) is 0 Å². The van der Waals surface area contributed by atoms with Crippen molar-refractivity contribution in [1.29, 1.82) is 0 Å². The van der Waals surface area contributed by atoms with Gasteiger partial charge in [0.25, 0.3) is 0 Å². The first-order valence-corrected chi connectivity index (χ1v) is 11.1. The fraction of sp³-hybridized carbons (Fsp3) is 0.241. The quantitative estimate of drug-likeness (QED) is 0.399. The summed E-state index contributed by atoms with van der Waals surface area (Å²) in [6.07, 6.45) is 7.91. The molecule has 2 nitrogen and oxygen atoms in total. The van der Waals surface area contributed by atoms with Crippen molar-refractivity contribution in [2.24, 2.45) is 17.8 Å². The Labute approximate surface area is 184 Å². The molecule has 0 amide bonds. The number of aliphatic hydroxyl groups excluding tert-OH is 1. The van der Waals surface area contributed by atoms with Gasteiger partial charge < -0.3 is 9.84 Å². The van der Waals surface area contributed by atoms with E-state index in [1.807, 2.05) is 18.2 Å². The van der Waals surface area contributed by atoms with Gasteiger partial charge in [0.1, 0.15) is 5.60 Å². The molecule has 2 aliphatic carbocycles. The predicted octanol–water partition coefficient (Wildman–Crippen LogP) is 5.74. The Bertz CT molecular complexity index is 957. The van der Waals surface area contributed by atoms with Crippen LogP contribution in [0, 0.1) is 17.8 Å². The monoisotopic (exact) mass is 408 g/mol. The summed E-state index contributed by atoms with van der Waals surface area (Å²) in [5.74, 6) is 1.16. The summed E-state index contributed by atoms with van der Waals surface area (Å²) in [6, 6.07) is 31.4. The fourth-order valence-corrected chi connectivity index (χ4v) is 5.37. The molecule has 0 heterocycles. The largest absolute Gasteiger partial charge is 0.396 e. The zero-order chi connectivity index (χ0) is 21.1. The first kappa shape index (κ1) is 20.0.